The highest BCUT2D eigenvalue weighted by Crippen LogP contribution is 2.12. The molecule has 0 spiro atoms. The van der Waals surface area contributed by atoms with Crippen LogP contribution in [-0.2, 0) is 25.6 Å². The molecule has 1 rings (SSSR count). The van der Waals surface area contributed by atoms with Crippen molar-refractivity contribution < 1.29 is 34.5 Å². The Morgan fingerprint density at radius 1 is 0.906 bits per heavy atom. The van der Waals surface area contributed by atoms with Gasteiger partial charge in [0.15, 0.2) is 0 Å². The van der Waals surface area contributed by atoms with Crippen molar-refractivity contribution in [2.24, 2.45) is 11.7 Å². The Morgan fingerprint density at radius 3 is 1.94 bits per heavy atom. The minimum absolute atomic E-state index is 0.0101. The number of hydrogen-bond acceptors (Lipinski definition) is 7. The second-order valence-electron chi connectivity index (χ2n) is 8.00. The average molecular weight is 453 g/mol. The predicted octanol–water partition coefficient (Wildman–Crippen LogP) is -1.14. The van der Waals surface area contributed by atoms with Gasteiger partial charge < -0.3 is 37.0 Å². The Balaban J connectivity index is 2.99. The van der Waals surface area contributed by atoms with Gasteiger partial charge >= 0.3 is 5.97 Å². The number of hydrogen-bond donors (Lipinski definition) is 7. The highest BCUT2D eigenvalue weighted by molar-refractivity contribution is 5.94. The third-order valence-electron chi connectivity index (χ3n) is 4.81. The lowest BCUT2D eigenvalue weighted by molar-refractivity contribution is -0.143. The highest BCUT2D eigenvalue weighted by atomic mass is 16.4. The summed E-state index contributed by atoms with van der Waals surface area (Å²) in [6, 6.07) is 1.32. The van der Waals surface area contributed by atoms with E-state index in [0.717, 1.165) is 0 Å². The predicted molar refractivity (Wildman–Crippen MR) is 115 cm³/mol. The first kappa shape index (κ1) is 26.9. The fourth-order valence-electron chi connectivity index (χ4n) is 2.74. The quantitative estimate of drug-likeness (QED) is 0.219. The van der Waals surface area contributed by atoms with Gasteiger partial charge in [0.25, 0.3) is 0 Å². The maximum atomic E-state index is 12.8. The molecule has 5 unspecified atom stereocenters. The minimum atomic E-state index is -1.23. The molecule has 0 saturated heterocycles. The van der Waals surface area contributed by atoms with E-state index in [1.807, 2.05) is 0 Å². The van der Waals surface area contributed by atoms with Gasteiger partial charge in [-0.15, -0.1) is 0 Å². The van der Waals surface area contributed by atoms with Crippen molar-refractivity contribution in [1.82, 2.24) is 16.0 Å². The summed E-state index contributed by atoms with van der Waals surface area (Å²) in [5, 5.41) is 35.5. The van der Waals surface area contributed by atoms with Gasteiger partial charge in [0.1, 0.15) is 29.9 Å². The first-order valence-corrected chi connectivity index (χ1v) is 10.2. The van der Waals surface area contributed by atoms with Crippen LogP contribution in [0.1, 0.15) is 33.3 Å². The van der Waals surface area contributed by atoms with Crippen molar-refractivity contribution in [2.45, 2.75) is 64.4 Å². The molecule has 32 heavy (non-hydrogen) atoms. The number of nitrogens with one attached hydrogen (secondary N) is 3. The highest BCUT2D eigenvalue weighted by Gasteiger charge is 2.30. The molecule has 11 heteroatoms. The number of carboxylic acids is 1. The fourth-order valence-corrected chi connectivity index (χ4v) is 2.74. The summed E-state index contributed by atoms with van der Waals surface area (Å²) in [7, 11) is 0. The molecule has 0 fully saturated rings. The second-order valence-corrected chi connectivity index (χ2v) is 8.00. The Labute approximate surface area is 186 Å². The van der Waals surface area contributed by atoms with Crippen LogP contribution in [-0.4, -0.2) is 69.3 Å². The maximum absolute atomic E-state index is 12.8. The Morgan fingerprint density at radius 2 is 1.47 bits per heavy atom. The fraction of sp³-hybridized carbons (Fsp3) is 0.524. The molecule has 0 heterocycles. The zero-order valence-corrected chi connectivity index (χ0v) is 18.5. The topological polar surface area (TPSA) is 191 Å². The zero-order valence-electron chi connectivity index (χ0n) is 18.5. The molecule has 8 N–H and O–H groups in total. The lowest BCUT2D eigenvalue weighted by Crippen LogP contribution is -2.58. The van der Waals surface area contributed by atoms with Crippen LogP contribution >= 0.6 is 0 Å². The molecule has 0 radical (unpaired) electrons. The molecule has 5 atom stereocenters. The van der Waals surface area contributed by atoms with E-state index < -0.39 is 59.9 Å². The Kier molecular flexibility index (Phi) is 10.1. The third-order valence-corrected chi connectivity index (χ3v) is 4.81. The molecule has 0 saturated carbocycles. The molecular weight excluding hydrogens is 420 g/mol. The summed E-state index contributed by atoms with van der Waals surface area (Å²) >= 11 is 0. The van der Waals surface area contributed by atoms with Crippen LogP contribution in [0.15, 0.2) is 24.3 Å². The summed E-state index contributed by atoms with van der Waals surface area (Å²) in [5.74, 6) is -3.75. The van der Waals surface area contributed by atoms with Crippen LogP contribution in [0.3, 0.4) is 0 Å². The molecule has 0 bridgehead atoms. The number of amides is 3. The first-order valence-electron chi connectivity index (χ1n) is 10.2. The monoisotopic (exact) mass is 452 g/mol. The van der Waals surface area contributed by atoms with Crippen LogP contribution in [0.25, 0.3) is 0 Å². The summed E-state index contributed by atoms with van der Waals surface area (Å²) in [5.41, 5.74) is 6.15. The molecule has 0 aliphatic rings. The summed E-state index contributed by atoms with van der Waals surface area (Å²) in [6.45, 7) is 5.98. The SMILES string of the molecule is CC(NC(=O)C(N)C(C)O)C(=O)NC(Cc1ccc(O)cc1)C(=O)NC(C(=O)O)C(C)C. The van der Waals surface area contributed by atoms with Crippen LogP contribution in [0.4, 0.5) is 0 Å². The summed E-state index contributed by atoms with van der Waals surface area (Å²) in [6.07, 6.45) is -1.11. The zero-order chi connectivity index (χ0) is 24.6. The number of carboxylic acid groups (broad SMARTS) is 1. The number of carbonyl (C=O) groups is 4. The largest absolute Gasteiger partial charge is 0.508 e. The van der Waals surface area contributed by atoms with E-state index in [1.54, 1.807) is 26.0 Å². The van der Waals surface area contributed by atoms with E-state index in [4.69, 9.17) is 5.73 Å². The van der Waals surface area contributed by atoms with Gasteiger partial charge in [0.2, 0.25) is 17.7 Å². The maximum Gasteiger partial charge on any atom is 0.326 e. The second kappa shape index (κ2) is 12.0. The molecular formula is C21H32N4O7. The number of phenols is 1. The molecule has 11 nitrogen and oxygen atoms in total. The van der Waals surface area contributed by atoms with Gasteiger partial charge in [-0.3, -0.25) is 14.4 Å². The van der Waals surface area contributed by atoms with Crippen molar-refractivity contribution >= 4 is 23.7 Å². The number of aliphatic hydroxyl groups excluding tert-OH is 1. The van der Waals surface area contributed by atoms with Crippen LogP contribution in [0.5, 0.6) is 5.75 Å². The third kappa shape index (κ3) is 8.16. The minimum Gasteiger partial charge on any atom is -0.508 e. The van der Waals surface area contributed by atoms with Gasteiger partial charge in [-0.2, -0.15) is 0 Å². The number of carbonyl (C=O) groups excluding carboxylic acids is 3. The van der Waals surface area contributed by atoms with E-state index in [2.05, 4.69) is 16.0 Å². The number of phenolic OH excluding ortho intramolecular Hbond substituents is 1. The number of nitrogens with two attached hydrogens (primary N) is 1. The number of aromatic hydroxyl groups is 1. The van der Waals surface area contributed by atoms with E-state index in [-0.39, 0.29) is 12.2 Å². The van der Waals surface area contributed by atoms with Gasteiger partial charge in [-0.05, 0) is 37.5 Å². The Hall–Kier alpha value is -3.18. The Bertz CT molecular complexity index is 811. The van der Waals surface area contributed by atoms with Gasteiger partial charge in [0.05, 0.1) is 6.10 Å². The number of rotatable bonds is 11. The van der Waals surface area contributed by atoms with Crippen molar-refractivity contribution in [3.63, 3.8) is 0 Å². The lowest BCUT2D eigenvalue weighted by Gasteiger charge is -2.25. The van der Waals surface area contributed by atoms with Crippen LogP contribution in [0.2, 0.25) is 0 Å². The van der Waals surface area contributed by atoms with Crippen molar-refractivity contribution in [2.75, 3.05) is 0 Å². The molecule has 3 amide bonds. The summed E-state index contributed by atoms with van der Waals surface area (Å²) < 4.78 is 0. The van der Waals surface area contributed by atoms with E-state index in [9.17, 15) is 34.5 Å². The number of benzene rings is 1. The van der Waals surface area contributed by atoms with E-state index in [1.165, 1.54) is 26.0 Å². The number of aliphatic carboxylic acids is 1. The standard InChI is InChI=1S/C21H32N4O7/c1-10(2)17(21(31)32)25-19(29)15(9-13-5-7-14(27)8-6-13)24-18(28)11(3)23-20(30)16(22)12(4)26/h5-8,10-12,15-17,26-27H,9,22H2,1-4H3,(H,23,30)(H,24,28)(H,25,29)(H,31,32). The van der Waals surface area contributed by atoms with Crippen molar-refractivity contribution in [1.29, 1.82) is 0 Å². The van der Waals surface area contributed by atoms with Gasteiger partial charge in [-0.1, -0.05) is 26.0 Å². The first-order chi connectivity index (χ1) is 14.8. The lowest BCUT2D eigenvalue weighted by atomic mass is 10.0. The molecule has 0 aliphatic carbocycles. The smallest absolute Gasteiger partial charge is 0.326 e. The van der Waals surface area contributed by atoms with Crippen LogP contribution < -0.4 is 21.7 Å². The van der Waals surface area contributed by atoms with Gasteiger partial charge in [-0.25, -0.2) is 4.79 Å². The average Bonchev–Trinajstić information content (AvgIpc) is 2.71. The van der Waals surface area contributed by atoms with Crippen molar-refractivity contribution in [3.8, 4) is 5.75 Å². The van der Waals surface area contributed by atoms with E-state index in [0.29, 0.717) is 5.56 Å². The van der Waals surface area contributed by atoms with Crippen LogP contribution in [0, 0.1) is 5.92 Å². The molecule has 0 aromatic heterocycles. The molecule has 1 aromatic carbocycles. The molecule has 1 aromatic rings. The van der Waals surface area contributed by atoms with E-state index >= 15 is 0 Å². The normalized spacial score (nSPS) is 15.7. The van der Waals surface area contributed by atoms with Gasteiger partial charge in [0, 0.05) is 6.42 Å². The summed E-state index contributed by atoms with van der Waals surface area (Å²) in [4.78, 5) is 48.9. The van der Waals surface area contributed by atoms with Crippen molar-refractivity contribution in [3.05, 3.63) is 29.8 Å². The molecule has 0 aliphatic heterocycles. The number of aliphatic hydroxyl groups is 1. The molecule has 178 valence electrons.